The monoisotopic (exact) mass is 207 g/mol. The normalized spacial score (nSPS) is 10.1. The van der Waals surface area contributed by atoms with Crippen molar-refractivity contribution in [1.29, 1.82) is 0 Å². The molecule has 0 saturated heterocycles. The number of hydrogen-bond acceptors (Lipinski definition) is 3. The first-order chi connectivity index (χ1) is 7.19. The first-order valence-electron chi connectivity index (χ1n) is 5.10. The first kappa shape index (κ1) is 11.7. The highest BCUT2D eigenvalue weighted by Gasteiger charge is 2.11. The summed E-state index contributed by atoms with van der Waals surface area (Å²) in [6, 6.07) is 5.66. The minimum atomic E-state index is 0.0599. The summed E-state index contributed by atoms with van der Waals surface area (Å²) < 4.78 is 5.41. The first-order valence-corrected chi connectivity index (χ1v) is 5.10. The molecule has 0 spiro atoms. The number of carbonyl (C=O) groups excluding carboxylic acids is 1. The Hall–Kier alpha value is -1.35. The Labute approximate surface area is 90.4 Å². The lowest BCUT2D eigenvalue weighted by Gasteiger charge is -2.09. The van der Waals surface area contributed by atoms with Gasteiger partial charge in [0.1, 0.15) is 5.75 Å². The zero-order chi connectivity index (χ0) is 11.3. The second-order valence-electron chi connectivity index (χ2n) is 3.39. The maximum absolute atomic E-state index is 11.8. The molecule has 0 bridgehead atoms. The number of hydrogen-bond donors (Lipinski definition) is 1. The molecule has 82 valence electrons. The SMILES string of the molecule is CCOc1ccc(C)cc1C(=O)CNC. The van der Waals surface area contributed by atoms with E-state index in [1.807, 2.05) is 32.0 Å². The number of ketones is 1. The third-order valence-corrected chi connectivity index (χ3v) is 2.07. The van der Waals surface area contributed by atoms with E-state index in [4.69, 9.17) is 4.74 Å². The van der Waals surface area contributed by atoms with Gasteiger partial charge in [0.05, 0.1) is 18.7 Å². The van der Waals surface area contributed by atoms with Crippen molar-refractivity contribution in [3.63, 3.8) is 0 Å². The fourth-order valence-electron chi connectivity index (χ4n) is 1.40. The van der Waals surface area contributed by atoms with E-state index >= 15 is 0 Å². The van der Waals surface area contributed by atoms with Crippen molar-refractivity contribution in [3.8, 4) is 5.75 Å². The van der Waals surface area contributed by atoms with Gasteiger partial charge in [-0.15, -0.1) is 0 Å². The molecule has 0 aromatic heterocycles. The maximum atomic E-state index is 11.8. The van der Waals surface area contributed by atoms with Crippen LogP contribution in [0.25, 0.3) is 0 Å². The van der Waals surface area contributed by atoms with Gasteiger partial charge in [0, 0.05) is 0 Å². The summed E-state index contributed by atoms with van der Waals surface area (Å²) >= 11 is 0. The lowest BCUT2D eigenvalue weighted by molar-refractivity contribution is 0.0990. The molecule has 0 radical (unpaired) electrons. The smallest absolute Gasteiger partial charge is 0.180 e. The molecule has 1 N–H and O–H groups in total. The highest BCUT2D eigenvalue weighted by Crippen LogP contribution is 2.20. The molecule has 0 aliphatic carbocycles. The minimum absolute atomic E-state index is 0.0599. The Bertz CT molecular complexity index is 347. The van der Waals surface area contributed by atoms with Gasteiger partial charge in [-0.3, -0.25) is 4.79 Å². The van der Waals surface area contributed by atoms with E-state index in [9.17, 15) is 4.79 Å². The van der Waals surface area contributed by atoms with E-state index in [0.717, 1.165) is 5.56 Å². The number of Topliss-reactive ketones (excluding diaryl/α,β-unsaturated/α-hetero) is 1. The van der Waals surface area contributed by atoms with Gasteiger partial charge in [-0.05, 0) is 33.0 Å². The molecule has 0 amide bonds. The highest BCUT2D eigenvalue weighted by molar-refractivity contribution is 6.00. The molecule has 0 fully saturated rings. The van der Waals surface area contributed by atoms with Crippen LogP contribution in [0.1, 0.15) is 22.8 Å². The van der Waals surface area contributed by atoms with Crippen LogP contribution >= 0.6 is 0 Å². The molecule has 0 heterocycles. The van der Waals surface area contributed by atoms with E-state index in [1.165, 1.54) is 0 Å². The van der Waals surface area contributed by atoms with Crippen molar-refractivity contribution in [2.24, 2.45) is 0 Å². The molecule has 0 aliphatic heterocycles. The zero-order valence-corrected chi connectivity index (χ0v) is 9.46. The Morgan fingerprint density at radius 3 is 2.80 bits per heavy atom. The van der Waals surface area contributed by atoms with Gasteiger partial charge in [-0.25, -0.2) is 0 Å². The molecular weight excluding hydrogens is 190 g/mol. The molecule has 1 aromatic carbocycles. The Morgan fingerprint density at radius 2 is 2.20 bits per heavy atom. The molecule has 0 aliphatic rings. The van der Waals surface area contributed by atoms with E-state index in [-0.39, 0.29) is 5.78 Å². The van der Waals surface area contributed by atoms with Crippen molar-refractivity contribution < 1.29 is 9.53 Å². The molecule has 0 saturated carbocycles. The van der Waals surface area contributed by atoms with Gasteiger partial charge in [0.15, 0.2) is 5.78 Å². The van der Waals surface area contributed by atoms with Gasteiger partial charge < -0.3 is 10.1 Å². The topological polar surface area (TPSA) is 38.3 Å². The maximum Gasteiger partial charge on any atom is 0.180 e. The van der Waals surface area contributed by atoms with Gasteiger partial charge in [-0.2, -0.15) is 0 Å². The van der Waals surface area contributed by atoms with Crippen LogP contribution in [0.2, 0.25) is 0 Å². The fraction of sp³-hybridized carbons (Fsp3) is 0.417. The van der Waals surface area contributed by atoms with Gasteiger partial charge in [0.25, 0.3) is 0 Å². The number of benzene rings is 1. The quantitative estimate of drug-likeness (QED) is 0.748. The molecular formula is C12H17NO2. The number of aryl methyl sites for hydroxylation is 1. The van der Waals surface area contributed by atoms with E-state index in [2.05, 4.69) is 5.32 Å². The van der Waals surface area contributed by atoms with E-state index in [1.54, 1.807) is 7.05 Å². The molecule has 3 nitrogen and oxygen atoms in total. The lowest BCUT2D eigenvalue weighted by Crippen LogP contribution is -2.19. The third-order valence-electron chi connectivity index (χ3n) is 2.07. The van der Waals surface area contributed by atoms with Crippen LogP contribution in [0, 0.1) is 6.92 Å². The Morgan fingerprint density at radius 1 is 1.47 bits per heavy atom. The van der Waals surface area contributed by atoms with Crippen LogP contribution < -0.4 is 10.1 Å². The highest BCUT2D eigenvalue weighted by atomic mass is 16.5. The fourth-order valence-corrected chi connectivity index (χ4v) is 1.40. The molecule has 0 atom stereocenters. The van der Waals surface area contributed by atoms with Gasteiger partial charge in [0.2, 0.25) is 0 Å². The Balaban J connectivity index is 3.00. The van der Waals surface area contributed by atoms with Crippen molar-refractivity contribution >= 4 is 5.78 Å². The largest absolute Gasteiger partial charge is 0.493 e. The van der Waals surface area contributed by atoms with Crippen molar-refractivity contribution in [2.45, 2.75) is 13.8 Å². The lowest BCUT2D eigenvalue weighted by atomic mass is 10.1. The predicted molar refractivity (Wildman–Crippen MR) is 60.6 cm³/mol. The average Bonchev–Trinajstić information content (AvgIpc) is 2.21. The predicted octanol–water partition coefficient (Wildman–Crippen LogP) is 1.80. The summed E-state index contributed by atoms with van der Waals surface area (Å²) in [5, 5.41) is 2.85. The third kappa shape index (κ3) is 3.06. The summed E-state index contributed by atoms with van der Waals surface area (Å²) in [6.45, 7) is 4.78. The van der Waals surface area contributed by atoms with Crippen LogP contribution in [-0.4, -0.2) is 26.0 Å². The number of nitrogens with one attached hydrogen (secondary N) is 1. The second-order valence-corrected chi connectivity index (χ2v) is 3.39. The van der Waals surface area contributed by atoms with Crippen LogP contribution in [0.3, 0.4) is 0 Å². The number of likely N-dealkylation sites (N-methyl/N-ethyl adjacent to an activating group) is 1. The summed E-state index contributed by atoms with van der Waals surface area (Å²) in [6.07, 6.45) is 0. The van der Waals surface area contributed by atoms with Gasteiger partial charge >= 0.3 is 0 Å². The average molecular weight is 207 g/mol. The van der Waals surface area contributed by atoms with Crippen LogP contribution in [-0.2, 0) is 0 Å². The van der Waals surface area contributed by atoms with E-state index in [0.29, 0.717) is 24.5 Å². The number of carbonyl (C=O) groups is 1. The zero-order valence-electron chi connectivity index (χ0n) is 9.46. The van der Waals surface area contributed by atoms with E-state index < -0.39 is 0 Å². The summed E-state index contributed by atoms with van der Waals surface area (Å²) in [5.41, 5.74) is 1.73. The molecule has 0 unspecified atom stereocenters. The van der Waals surface area contributed by atoms with Crippen LogP contribution in [0.4, 0.5) is 0 Å². The second kappa shape index (κ2) is 5.51. The number of ether oxygens (including phenoxy) is 1. The van der Waals surface area contributed by atoms with Crippen molar-refractivity contribution in [3.05, 3.63) is 29.3 Å². The minimum Gasteiger partial charge on any atom is -0.493 e. The summed E-state index contributed by atoms with van der Waals surface area (Å²) in [5.74, 6) is 0.730. The Kier molecular flexibility index (Phi) is 4.31. The summed E-state index contributed by atoms with van der Waals surface area (Å²) in [7, 11) is 1.76. The van der Waals surface area contributed by atoms with Crippen molar-refractivity contribution in [1.82, 2.24) is 5.32 Å². The number of rotatable bonds is 5. The molecule has 1 aromatic rings. The van der Waals surface area contributed by atoms with Crippen molar-refractivity contribution in [2.75, 3.05) is 20.2 Å². The van der Waals surface area contributed by atoms with Crippen LogP contribution in [0.5, 0.6) is 5.75 Å². The van der Waals surface area contributed by atoms with Gasteiger partial charge in [-0.1, -0.05) is 11.6 Å². The standard InChI is InChI=1S/C12H17NO2/c1-4-15-12-6-5-9(2)7-10(12)11(14)8-13-3/h5-7,13H,4,8H2,1-3H3. The molecule has 15 heavy (non-hydrogen) atoms. The molecule has 1 rings (SSSR count). The van der Waals surface area contributed by atoms with Crippen LogP contribution in [0.15, 0.2) is 18.2 Å². The summed E-state index contributed by atoms with van der Waals surface area (Å²) in [4.78, 5) is 11.8. The molecule has 3 heteroatoms.